The highest BCUT2D eigenvalue weighted by Gasteiger charge is 2.26. The number of nitrogens with one attached hydrogen (secondary N) is 3. The van der Waals surface area contributed by atoms with Crippen LogP contribution in [-0.4, -0.2) is 29.4 Å². The number of benzene rings is 3. The molecule has 7 nitrogen and oxygen atoms in total. The number of carbonyl (C=O) groups excluding carboxylic acids is 2. The van der Waals surface area contributed by atoms with E-state index in [4.69, 9.17) is 5.73 Å². The number of rotatable bonds is 11. The molecular formula is C32H33F2N5O2. The van der Waals surface area contributed by atoms with E-state index in [2.05, 4.69) is 20.9 Å². The first-order chi connectivity index (χ1) is 19.8. The molecule has 9 heteroatoms. The van der Waals surface area contributed by atoms with Gasteiger partial charge >= 0.3 is 0 Å². The standard InChI is InChI=1S/C32H33F2N5O2/c1-19(37-30(40)9-5-6-14-35)23-13-10-20(15-27(23)33)24-16-25-29(17-28(24)34)36-18-26(32(41)39-22-11-12-22)31(25)38-21-7-3-2-4-8-21/h2-4,7-8,10,13,15-19,22H,5-6,9,11-12,14,35H2,1H3,(H,36,38)(H,37,40)(H,39,41). The maximum Gasteiger partial charge on any atom is 0.255 e. The van der Waals surface area contributed by atoms with Crippen LogP contribution in [0.1, 0.15) is 61.0 Å². The predicted octanol–water partition coefficient (Wildman–Crippen LogP) is 6.12. The fourth-order valence-corrected chi connectivity index (χ4v) is 4.77. The number of pyridine rings is 1. The molecule has 0 saturated heterocycles. The van der Waals surface area contributed by atoms with Gasteiger partial charge in [-0.1, -0.05) is 30.3 Å². The lowest BCUT2D eigenvalue weighted by molar-refractivity contribution is -0.121. The molecule has 5 N–H and O–H groups in total. The molecule has 3 aromatic carbocycles. The van der Waals surface area contributed by atoms with Crippen molar-refractivity contribution in [1.82, 2.24) is 15.6 Å². The summed E-state index contributed by atoms with van der Waals surface area (Å²) in [6.07, 6.45) is 5.04. The van der Waals surface area contributed by atoms with Crippen molar-refractivity contribution in [2.45, 2.75) is 51.1 Å². The Bertz CT molecular complexity index is 1570. The highest BCUT2D eigenvalue weighted by molar-refractivity contribution is 6.09. The van der Waals surface area contributed by atoms with Crippen LogP contribution in [0.3, 0.4) is 0 Å². The van der Waals surface area contributed by atoms with Crippen LogP contribution >= 0.6 is 0 Å². The molecule has 1 saturated carbocycles. The molecule has 1 aromatic heterocycles. The van der Waals surface area contributed by atoms with Gasteiger partial charge in [-0.3, -0.25) is 14.6 Å². The second kappa shape index (κ2) is 12.4. The first-order valence-electron chi connectivity index (χ1n) is 13.9. The average molecular weight is 558 g/mol. The van der Waals surface area contributed by atoms with Gasteiger partial charge in [0, 0.05) is 46.9 Å². The molecule has 4 aromatic rings. The molecule has 1 aliphatic rings. The number of hydrogen-bond acceptors (Lipinski definition) is 5. The van der Waals surface area contributed by atoms with E-state index in [9.17, 15) is 9.59 Å². The first kappa shape index (κ1) is 28.2. The van der Waals surface area contributed by atoms with E-state index in [0.717, 1.165) is 24.9 Å². The third-order valence-corrected chi connectivity index (χ3v) is 7.17. The number of halogens is 2. The number of aromatic nitrogens is 1. The van der Waals surface area contributed by atoms with E-state index in [1.165, 1.54) is 18.3 Å². The Labute approximate surface area is 237 Å². The Balaban J connectivity index is 1.50. The summed E-state index contributed by atoms with van der Waals surface area (Å²) in [6, 6.07) is 16.3. The van der Waals surface area contributed by atoms with Gasteiger partial charge in [-0.25, -0.2) is 8.78 Å². The molecule has 0 spiro atoms. The Morgan fingerprint density at radius 2 is 1.80 bits per heavy atom. The second-order valence-electron chi connectivity index (χ2n) is 10.4. The molecule has 1 heterocycles. The van der Waals surface area contributed by atoms with Crippen LogP contribution in [0.25, 0.3) is 22.0 Å². The van der Waals surface area contributed by atoms with E-state index in [1.54, 1.807) is 25.1 Å². The second-order valence-corrected chi connectivity index (χ2v) is 10.4. The summed E-state index contributed by atoms with van der Waals surface area (Å²) in [7, 11) is 0. The van der Waals surface area contributed by atoms with E-state index in [0.29, 0.717) is 52.7 Å². The smallest absolute Gasteiger partial charge is 0.255 e. The number of carbonyl (C=O) groups is 2. The van der Waals surface area contributed by atoms with Crippen molar-refractivity contribution in [2.75, 3.05) is 11.9 Å². The minimum atomic E-state index is -0.570. The minimum Gasteiger partial charge on any atom is -0.354 e. The fourth-order valence-electron chi connectivity index (χ4n) is 4.77. The van der Waals surface area contributed by atoms with Crippen LogP contribution in [0.15, 0.2) is 66.9 Å². The van der Waals surface area contributed by atoms with E-state index >= 15 is 8.78 Å². The van der Waals surface area contributed by atoms with E-state index < -0.39 is 17.7 Å². The minimum absolute atomic E-state index is 0.145. The van der Waals surface area contributed by atoms with Crippen LogP contribution in [0.2, 0.25) is 0 Å². The lowest BCUT2D eigenvalue weighted by atomic mass is 9.97. The molecule has 1 aliphatic carbocycles. The zero-order valence-corrected chi connectivity index (χ0v) is 22.8. The molecule has 5 rings (SSSR count). The first-order valence-corrected chi connectivity index (χ1v) is 13.9. The maximum atomic E-state index is 15.4. The summed E-state index contributed by atoms with van der Waals surface area (Å²) in [6.45, 7) is 2.22. The Hall–Kier alpha value is -4.37. The van der Waals surface area contributed by atoms with E-state index in [-0.39, 0.29) is 23.4 Å². The van der Waals surface area contributed by atoms with Gasteiger partial charge < -0.3 is 21.7 Å². The van der Waals surface area contributed by atoms with Gasteiger partial charge in [-0.2, -0.15) is 0 Å². The molecule has 41 heavy (non-hydrogen) atoms. The number of fused-ring (bicyclic) bond motifs is 1. The predicted molar refractivity (Wildman–Crippen MR) is 157 cm³/mol. The molecular weight excluding hydrogens is 524 g/mol. The van der Waals surface area contributed by atoms with Crippen molar-refractivity contribution >= 4 is 34.1 Å². The van der Waals surface area contributed by atoms with Gasteiger partial charge in [0.05, 0.1) is 22.8 Å². The number of hydrogen-bond donors (Lipinski definition) is 4. The number of anilines is 2. The van der Waals surface area contributed by atoms with Gasteiger partial charge in [0.1, 0.15) is 11.6 Å². The molecule has 212 valence electrons. The lowest BCUT2D eigenvalue weighted by Crippen LogP contribution is -2.27. The molecule has 1 fully saturated rings. The van der Waals surface area contributed by atoms with Crippen molar-refractivity contribution in [1.29, 1.82) is 0 Å². The summed E-state index contributed by atoms with van der Waals surface area (Å²) in [5.41, 5.74) is 8.20. The summed E-state index contributed by atoms with van der Waals surface area (Å²) < 4.78 is 30.7. The largest absolute Gasteiger partial charge is 0.354 e. The van der Waals surface area contributed by atoms with Gasteiger partial charge in [0.15, 0.2) is 0 Å². The van der Waals surface area contributed by atoms with Crippen LogP contribution in [0, 0.1) is 11.6 Å². The quantitative estimate of drug-likeness (QED) is 0.166. The fraction of sp³-hybridized carbons (Fsp3) is 0.281. The van der Waals surface area contributed by atoms with Crippen LogP contribution in [0.4, 0.5) is 20.2 Å². The topological polar surface area (TPSA) is 109 Å². The van der Waals surface area contributed by atoms with Crippen molar-refractivity contribution in [2.24, 2.45) is 5.73 Å². The van der Waals surface area contributed by atoms with Gasteiger partial charge in [0.2, 0.25) is 5.91 Å². The monoisotopic (exact) mass is 557 g/mol. The van der Waals surface area contributed by atoms with Crippen LogP contribution in [-0.2, 0) is 4.79 Å². The highest BCUT2D eigenvalue weighted by atomic mass is 19.1. The molecule has 0 aliphatic heterocycles. The zero-order valence-electron chi connectivity index (χ0n) is 22.8. The third kappa shape index (κ3) is 6.69. The normalized spacial score (nSPS) is 13.6. The number of para-hydroxylation sites is 1. The van der Waals surface area contributed by atoms with Gasteiger partial charge in [-0.05, 0) is 69.0 Å². The van der Waals surface area contributed by atoms with Crippen molar-refractivity contribution in [3.05, 3.63) is 89.6 Å². The summed E-state index contributed by atoms with van der Waals surface area (Å²) in [4.78, 5) is 29.7. The number of amides is 2. The summed E-state index contributed by atoms with van der Waals surface area (Å²) >= 11 is 0. The van der Waals surface area contributed by atoms with Gasteiger partial charge in [-0.15, -0.1) is 0 Å². The Morgan fingerprint density at radius 1 is 1.02 bits per heavy atom. The average Bonchev–Trinajstić information content (AvgIpc) is 3.77. The van der Waals surface area contributed by atoms with Crippen LogP contribution < -0.4 is 21.7 Å². The number of nitrogens with two attached hydrogens (primary N) is 1. The van der Waals surface area contributed by atoms with Gasteiger partial charge in [0.25, 0.3) is 5.91 Å². The number of unbranched alkanes of at least 4 members (excludes halogenated alkanes) is 1. The zero-order chi connectivity index (χ0) is 28.9. The lowest BCUT2D eigenvalue weighted by Gasteiger charge is -2.17. The molecule has 0 bridgehead atoms. The van der Waals surface area contributed by atoms with Crippen molar-refractivity contribution in [3.63, 3.8) is 0 Å². The van der Waals surface area contributed by atoms with Crippen molar-refractivity contribution < 1.29 is 18.4 Å². The summed E-state index contributed by atoms with van der Waals surface area (Å²) in [5.74, 6) is -1.57. The third-order valence-electron chi connectivity index (χ3n) is 7.17. The Kier molecular flexibility index (Phi) is 8.54. The SMILES string of the molecule is CC(NC(=O)CCCCN)c1ccc(-c2cc3c(Nc4ccccc4)c(C(=O)NC4CC4)cnc3cc2F)cc1F. The van der Waals surface area contributed by atoms with Crippen molar-refractivity contribution in [3.8, 4) is 11.1 Å². The summed E-state index contributed by atoms with van der Waals surface area (Å²) in [5, 5.41) is 9.64. The maximum absolute atomic E-state index is 15.4. The highest BCUT2D eigenvalue weighted by Crippen LogP contribution is 2.35. The molecule has 1 atom stereocenters. The van der Waals surface area contributed by atoms with Crippen LogP contribution in [0.5, 0.6) is 0 Å². The molecule has 1 unspecified atom stereocenters. The number of nitrogens with zero attached hydrogens (tertiary/aromatic N) is 1. The molecule has 2 amide bonds. The molecule has 0 radical (unpaired) electrons. The van der Waals surface area contributed by atoms with E-state index in [1.807, 2.05) is 30.3 Å². The Morgan fingerprint density at radius 3 is 2.51 bits per heavy atom.